The fourth-order valence-electron chi connectivity index (χ4n) is 2.32. The van der Waals surface area contributed by atoms with Gasteiger partial charge >= 0.3 is 5.97 Å². The van der Waals surface area contributed by atoms with E-state index in [0.717, 1.165) is 19.3 Å². The predicted octanol–water partition coefficient (Wildman–Crippen LogP) is 4.29. The summed E-state index contributed by atoms with van der Waals surface area (Å²) in [4.78, 5) is 24.3. The van der Waals surface area contributed by atoms with Crippen LogP contribution in [0, 0.1) is 0 Å². The predicted molar refractivity (Wildman–Crippen MR) is 97.2 cm³/mol. The highest BCUT2D eigenvalue weighted by Crippen LogP contribution is 2.19. The SMILES string of the molecule is CCCCCOC(=O)c1ccc(NC(=O)c2ccccc2OC)cc1. The normalized spacial score (nSPS) is 10.2. The lowest BCUT2D eigenvalue weighted by Crippen LogP contribution is -2.13. The van der Waals surface area contributed by atoms with Crippen molar-refractivity contribution < 1.29 is 19.1 Å². The molecule has 2 rings (SSSR count). The number of carbonyl (C=O) groups is 2. The second-order valence-corrected chi connectivity index (χ2v) is 5.57. The van der Waals surface area contributed by atoms with E-state index >= 15 is 0 Å². The van der Waals surface area contributed by atoms with Gasteiger partial charge in [-0.2, -0.15) is 0 Å². The lowest BCUT2D eigenvalue weighted by atomic mass is 10.1. The highest BCUT2D eigenvalue weighted by Gasteiger charge is 2.12. The topological polar surface area (TPSA) is 64.6 Å². The molecule has 0 atom stereocenters. The van der Waals surface area contributed by atoms with Gasteiger partial charge in [0.2, 0.25) is 0 Å². The van der Waals surface area contributed by atoms with E-state index in [4.69, 9.17) is 9.47 Å². The van der Waals surface area contributed by atoms with Crippen molar-refractivity contribution in [2.45, 2.75) is 26.2 Å². The molecular formula is C20H23NO4. The molecule has 0 bridgehead atoms. The summed E-state index contributed by atoms with van der Waals surface area (Å²) in [5, 5.41) is 2.79. The van der Waals surface area contributed by atoms with Crippen molar-refractivity contribution in [3.05, 3.63) is 59.7 Å². The molecule has 25 heavy (non-hydrogen) atoms. The average Bonchev–Trinajstić information content (AvgIpc) is 2.65. The van der Waals surface area contributed by atoms with Crippen molar-refractivity contribution in [3.8, 4) is 5.75 Å². The highest BCUT2D eigenvalue weighted by atomic mass is 16.5. The lowest BCUT2D eigenvalue weighted by Gasteiger charge is -2.09. The van der Waals surface area contributed by atoms with E-state index in [0.29, 0.717) is 29.2 Å². The van der Waals surface area contributed by atoms with Crippen molar-refractivity contribution in [2.24, 2.45) is 0 Å². The molecule has 0 aromatic heterocycles. The number of unbranched alkanes of at least 4 members (excludes halogenated alkanes) is 2. The van der Waals surface area contributed by atoms with Crippen molar-refractivity contribution in [1.82, 2.24) is 0 Å². The lowest BCUT2D eigenvalue weighted by molar-refractivity contribution is 0.0498. The minimum atomic E-state index is -0.348. The number of methoxy groups -OCH3 is 1. The van der Waals surface area contributed by atoms with Gasteiger partial charge in [0.15, 0.2) is 0 Å². The largest absolute Gasteiger partial charge is 0.496 e. The van der Waals surface area contributed by atoms with Crippen LogP contribution >= 0.6 is 0 Å². The van der Waals surface area contributed by atoms with E-state index in [1.165, 1.54) is 7.11 Å². The Bertz CT molecular complexity index is 710. The fraction of sp³-hybridized carbons (Fsp3) is 0.300. The van der Waals surface area contributed by atoms with Gasteiger partial charge in [0, 0.05) is 5.69 Å². The van der Waals surface area contributed by atoms with Crippen LogP contribution in [0.2, 0.25) is 0 Å². The third-order valence-corrected chi connectivity index (χ3v) is 3.71. The summed E-state index contributed by atoms with van der Waals surface area (Å²) in [5.41, 5.74) is 1.51. The van der Waals surface area contributed by atoms with Crippen LogP contribution in [-0.4, -0.2) is 25.6 Å². The highest BCUT2D eigenvalue weighted by molar-refractivity contribution is 6.06. The first-order valence-electron chi connectivity index (χ1n) is 8.37. The summed E-state index contributed by atoms with van der Waals surface area (Å²) >= 11 is 0. The van der Waals surface area contributed by atoms with Gasteiger partial charge < -0.3 is 14.8 Å². The molecule has 0 radical (unpaired) electrons. The van der Waals surface area contributed by atoms with Crippen LogP contribution in [0.3, 0.4) is 0 Å². The number of nitrogens with one attached hydrogen (secondary N) is 1. The average molecular weight is 341 g/mol. The standard InChI is InChI=1S/C20H23NO4/c1-3-4-7-14-25-20(23)15-10-12-16(13-11-15)21-19(22)17-8-5-6-9-18(17)24-2/h5-6,8-13H,3-4,7,14H2,1-2H3,(H,21,22). The Hall–Kier alpha value is -2.82. The first kappa shape index (κ1) is 18.5. The van der Waals surface area contributed by atoms with Gasteiger partial charge in [0.25, 0.3) is 5.91 Å². The van der Waals surface area contributed by atoms with Gasteiger partial charge in [-0.3, -0.25) is 4.79 Å². The van der Waals surface area contributed by atoms with Gasteiger partial charge in [-0.1, -0.05) is 31.9 Å². The van der Waals surface area contributed by atoms with Crippen LogP contribution in [0.25, 0.3) is 0 Å². The Balaban J connectivity index is 1.95. The molecule has 0 unspecified atom stereocenters. The van der Waals surface area contributed by atoms with Crippen LogP contribution in [0.1, 0.15) is 46.9 Å². The third-order valence-electron chi connectivity index (χ3n) is 3.71. The molecule has 0 aliphatic heterocycles. The van der Waals surface area contributed by atoms with Gasteiger partial charge in [-0.25, -0.2) is 4.79 Å². The number of para-hydroxylation sites is 1. The summed E-state index contributed by atoms with van der Waals surface area (Å²) in [5.74, 6) is -0.113. The van der Waals surface area contributed by atoms with E-state index in [9.17, 15) is 9.59 Å². The summed E-state index contributed by atoms with van der Waals surface area (Å²) in [6, 6.07) is 13.6. The quantitative estimate of drug-likeness (QED) is 0.574. The maximum atomic E-state index is 12.3. The number of anilines is 1. The van der Waals surface area contributed by atoms with Crippen LogP contribution in [0.5, 0.6) is 5.75 Å². The minimum absolute atomic E-state index is 0.271. The van der Waals surface area contributed by atoms with Crippen LogP contribution < -0.4 is 10.1 Å². The molecule has 5 nitrogen and oxygen atoms in total. The molecule has 0 saturated heterocycles. The third kappa shape index (κ3) is 5.35. The number of benzene rings is 2. The zero-order valence-corrected chi connectivity index (χ0v) is 14.6. The Morgan fingerprint density at radius 3 is 2.40 bits per heavy atom. The molecule has 2 aromatic carbocycles. The van der Waals surface area contributed by atoms with Crippen molar-refractivity contribution in [1.29, 1.82) is 0 Å². The Morgan fingerprint density at radius 1 is 1.00 bits per heavy atom. The Kier molecular flexibility index (Phi) is 7.01. The van der Waals surface area contributed by atoms with Gasteiger partial charge in [0.1, 0.15) is 5.75 Å². The zero-order valence-electron chi connectivity index (χ0n) is 14.6. The Labute approximate surface area is 148 Å². The number of hydrogen-bond donors (Lipinski definition) is 1. The first-order valence-corrected chi connectivity index (χ1v) is 8.37. The zero-order chi connectivity index (χ0) is 18.1. The molecule has 0 heterocycles. The fourth-order valence-corrected chi connectivity index (χ4v) is 2.32. The van der Waals surface area contributed by atoms with Gasteiger partial charge in [-0.05, 0) is 42.8 Å². The maximum Gasteiger partial charge on any atom is 0.338 e. The number of ether oxygens (including phenoxy) is 2. The molecule has 1 amide bonds. The Morgan fingerprint density at radius 2 is 1.72 bits per heavy atom. The number of esters is 1. The number of carbonyl (C=O) groups excluding carboxylic acids is 2. The second-order valence-electron chi connectivity index (χ2n) is 5.57. The molecule has 132 valence electrons. The molecule has 2 aromatic rings. The monoisotopic (exact) mass is 341 g/mol. The van der Waals surface area contributed by atoms with Crippen molar-refractivity contribution in [2.75, 3.05) is 19.0 Å². The van der Waals surface area contributed by atoms with Crippen LogP contribution in [0.15, 0.2) is 48.5 Å². The number of hydrogen-bond acceptors (Lipinski definition) is 4. The molecular weight excluding hydrogens is 318 g/mol. The molecule has 0 aliphatic rings. The van der Waals surface area contributed by atoms with Crippen molar-refractivity contribution in [3.63, 3.8) is 0 Å². The molecule has 0 spiro atoms. The summed E-state index contributed by atoms with van der Waals surface area (Å²) < 4.78 is 10.4. The first-order chi connectivity index (χ1) is 12.2. The molecule has 0 fully saturated rings. The van der Waals surface area contributed by atoms with E-state index in [1.54, 1.807) is 48.5 Å². The second kappa shape index (κ2) is 9.47. The minimum Gasteiger partial charge on any atom is -0.496 e. The molecule has 1 N–H and O–H groups in total. The van der Waals surface area contributed by atoms with E-state index in [-0.39, 0.29) is 11.9 Å². The molecule has 5 heteroatoms. The van der Waals surface area contributed by atoms with E-state index in [2.05, 4.69) is 12.2 Å². The van der Waals surface area contributed by atoms with Crippen LogP contribution in [0.4, 0.5) is 5.69 Å². The summed E-state index contributed by atoms with van der Waals surface area (Å²) in [6.45, 7) is 2.53. The maximum absolute atomic E-state index is 12.3. The van der Waals surface area contributed by atoms with Gasteiger partial charge in [-0.15, -0.1) is 0 Å². The van der Waals surface area contributed by atoms with E-state index in [1.807, 2.05) is 0 Å². The van der Waals surface area contributed by atoms with Crippen molar-refractivity contribution >= 4 is 17.6 Å². The number of amides is 1. The summed E-state index contributed by atoms with van der Waals surface area (Å²) in [7, 11) is 1.52. The van der Waals surface area contributed by atoms with E-state index < -0.39 is 0 Å². The smallest absolute Gasteiger partial charge is 0.338 e. The number of rotatable bonds is 8. The summed E-state index contributed by atoms with van der Waals surface area (Å²) in [6.07, 6.45) is 2.99. The van der Waals surface area contributed by atoms with Crippen LogP contribution in [-0.2, 0) is 4.74 Å². The molecule has 0 saturated carbocycles. The van der Waals surface area contributed by atoms with Gasteiger partial charge in [0.05, 0.1) is 24.8 Å². The molecule has 0 aliphatic carbocycles.